The van der Waals surface area contributed by atoms with Gasteiger partial charge in [-0.2, -0.15) is 0 Å². The van der Waals surface area contributed by atoms with Gasteiger partial charge in [-0.25, -0.2) is 0 Å². The van der Waals surface area contributed by atoms with Gasteiger partial charge >= 0.3 is 0 Å². The summed E-state index contributed by atoms with van der Waals surface area (Å²) in [5.74, 6) is 0. The zero-order chi connectivity index (χ0) is 8.69. The molecule has 66 valence electrons. The average Bonchev–Trinajstić information content (AvgIpc) is 1.97. The van der Waals surface area contributed by atoms with Gasteiger partial charge in [0.05, 0.1) is 0 Å². The van der Waals surface area contributed by atoms with Crippen LogP contribution in [0.3, 0.4) is 0 Å². The Morgan fingerprint density at radius 2 is 2.09 bits per heavy atom. The lowest BCUT2D eigenvalue weighted by atomic mass is 10.3. The van der Waals surface area contributed by atoms with Gasteiger partial charge in [0.15, 0.2) is 0 Å². The molecule has 0 aromatic carbocycles. The van der Waals surface area contributed by atoms with Crippen molar-refractivity contribution in [1.29, 1.82) is 0 Å². The van der Waals surface area contributed by atoms with E-state index in [1.807, 2.05) is 0 Å². The molecule has 0 amide bonds. The number of nitrogens with zero attached hydrogens (tertiary/aromatic N) is 1. The quantitative estimate of drug-likeness (QED) is 0.344. The first kappa shape index (κ1) is 10.9. The molecule has 0 radical (unpaired) electrons. The second kappa shape index (κ2) is 6.62. The van der Waals surface area contributed by atoms with Gasteiger partial charge < -0.3 is 4.90 Å². The van der Waals surface area contributed by atoms with Gasteiger partial charge in [0.25, 0.3) is 0 Å². The van der Waals surface area contributed by atoms with E-state index >= 15 is 0 Å². The third-order valence-corrected chi connectivity index (χ3v) is 3.61. The van der Waals surface area contributed by atoms with Crippen LogP contribution >= 0.6 is 0 Å². The maximum Gasteiger partial charge on any atom is 0.0407 e. The fraction of sp³-hybridized carbons (Fsp3) is 0.778. The zero-order valence-electron chi connectivity index (χ0n) is 8.35. The highest BCUT2D eigenvalue weighted by molar-refractivity contribution is 6.36. The summed E-state index contributed by atoms with van der Waals surface area (Å²) in [4.78, 5) is 2.41. The number of rotatable bonds is 5. The van der Waals surface area contributed by atoms with Crippen molar-refractivity contribution >= 4 is 9.52 Å². The van der Waals surface area contributed by atoms with Crippen LogP contribution in [0.2, 0.25) is 6.04 Å². The van der Waals surface area contributed by atoms with Gasteiger partial charge in [-0.3, -0.25) is 0 Å². The lowest BCUT2D eigenvalue weighted by molar-refractivity contribution is 0.410. The molecule has 0 rings (SSSR count). The smallest absolute Gasteiger partial charge is 0.0407 e. The number of allylic oxidation sites excluding steroid dienone is 2. The molecule has 0 aliphatic heterocycles. The van der Waals surface area contributed by atoms with Crippen molar-refractivity contribution in [3.63, 3.8) is 0 Å². The van der Waals surface area contributed by atoms with Crippen LogP contribution in [-0.2, 0) is 0 Å². The third-order valence-electron chi connectivity index (χ3n) is 1.84. The molecule has 11 heavy (non-hydrogen) atoms. The van der Waals surface area contributed by atoms with Crippen LogP contribution in [0.15, 0.2) is 11.6 Å². The first-order chi connectivity index (χ1) is 5.16. The average molecular weight is 171 g/mol. The lowest BCUT2D eigenvalue weighted by Gasteiger charge is -2.11. The van der Waals surface area contributed by atoms with E-state index in [9.17, 15) is 0 Å². The molecule has 0 saturated carbocycles. The summed E-state index contributed by atoms with van der Waals surface area (Å²) in [5.41, 5.74) is 1.47. The number of hydrogen-bond donors (Lipinski definition) is 0. The van der Waals surface area contributed by atoms with Crippen molar-refractivity contribution < 1.29 is 0 Å². The second-order valence-corrected chi connectivity index (χ2v) is 5.05. The van der Waals surface area contributed by atoms with Gasteiger partial charge in [-0.1, -0.05) is 18.6 Å². The summed E-state index contributed by atoms with van der Waals surface area (Å²) in [6, 6.07) is 1.37. The topological polar surface area (TPSA) is 3.24 Å². The first-order valence-electron chi connectivity index (χ1n) is 4.48. The van der Waals surface area contributed by atoms with Crippen LogP contribution in [0.1, 0.15) is 20.8 Å². The Hall–Kier alpha value is -0.0831. The zero-order valence-corrected chi connectivity index (χ0v) is 9.77. The van der Waals surface area contributed by atoms with Crippen molar-refractivity contribution in [3.8, 4) is 0 Å². The predicted octanol–water partition coefficient (Wildman–Crippen LogP) is 1.45. The van der Waals surface area contributed by atoms with Gasteiger partial charge in [0, 0.05) is 9.52 Å². The van der Waals surface area contributed by atoms with Gasteiger partial charge in [0.2, 0.25) is 0 Å². The van der Waals surface area contributed by atoms with Gasteiger partial charge in [-0.05, 0) is 39.7 Å². The largest absolute Gasteiger partial charge is 0.310 e. The number of hydrogen-bond acceptors (Lipinski definition) is 1. The van der Waals surface area contributed by atoms with E-state index in [-0.39, 0.29) is 9.52 Å². The van der Waals surface area contributed by atoms with Crippen LogP contribution in [0.25, 0.3) is 0 Å². The molecule has 1 nitrogen and oxygen atoms in total. The van der Waals surface area contributed by atoms with Crippen molar-refractivity contribution in [3.05, 3.63) is 11.6 Å². The van der Waals surface area contributed by atoms with Crippen molar-refractivity contribution in [2.75, 3.05) is 19.8 Å². The fourth-order valence-electron chi connectivity index (χ4n) is 0.910. The Morgan fingerprint density at radius 3 is 2.55 bits per heavy atom. The minimum atomic E-state index is 0.160. The third kappa shape index (κ3) is 7.82. The molecule has 0 bridgehead atoms. The van der Waals surface area contributed by atoms with E-state index in [4.69, 9.17) is 0 Å². The highest BCUT2D eigenvalue weighted by Crippen LogP contribution is 1.92. The summed E-state index contributed by atoms with van der Waals surface area (Å²) in [6.07, 6.45) is 3.73. The minimum Gasteiger partial charge on any atom is -0.310 e. The molecule has 2 heteroatoms. The standard InChI is InChI=1S/C9H21NSi/c1-5-10(4)8-11-7-6-9(2)3/h6H,5,7-8,11H2,1-4H3. The SMILES string of the molecule is CCN(C)C[SiH2]CC=C(C)C. The van der Waals surface area contributed by atoms with Crippen LogP contribution in [-0.4, -0.2) is 34.2 Å². The normalized spacial score (nSPS) is 11.4. The highest BCUT2D eigenvalue weighted by atomic mass is 28.2. The van der Waals surface area contributed by atoms with Crippen LogP contribution < -0.4 is 0 Å². The van der Waals surface area contributed by atoms with E-state index in [0.717, 1.165) is 0 Å². The molecule has 0 heterocycles. The Morgan fingerprint density at radius 1 is 1.45 bits per heavy atom. The first-order valence-corrected chi connectivity index (χ1v) is 6.48. The molecule has 0 atom stereocenters. The Kier molecular flexibility index (Phi) is 6.57. The van der Waals surface area contributed by atoms with E-state index in [1.165, 1.54) is 24.3 Å². The molecule has 0 aliphatic rings. The Labute approximate surface area is 73.3 Å². The summed E-state index contributed by atoms with van der Waals surface area (Å²) in [5, 5.41) is 0. The lowest BCUT2D eigenvalue weighted by Crippen LogP contribution is -2.22. The molecule has 0 aromatic rings. The minimum absolute atomic E-state index is 0.160. The maximum atomic E-state index is 2.41. The molecule has 0 fully saturated rings. The van der Waals surface area contributed by atoms with Crippen molar-refractivity contribution in [1.82, 2.24) is 4.90 Å². The summed E-state index contributed by atoms with van der Waals surface area (Å²) >= 11 is 0. The predicted molar refractivity (Wildman–Crippen MR) is 56.0 cm³/mol. The molecular weight excluding hydrogens is 150 g/mol. The Bertz CT molecular complexity index is 117. The van der Waals surface area contributed by atoms with E-state index in [1.54, 1.807) is 0 Å². The van der Waals surface area contributed by atoms with E-state index in [2.05, 4.69) is 38.8 Å². The van der Waals surface area contributed by atoms with Gasteiger partial charge in [-0.15, -0.1) is 0 Å². The van der Waals surface area contributed by atoms with Crippen LogP contribution in [0.4, 0.5) is 0 Å². The Balaban J connectivity index is 3.21. The van der Waals surface area contributed by atoms with Crippen molar-refractivity contribution in [2.45, 2.75) is 26.8 Å². The summed E-state index contributed by atoms with van der Waals surface area (Å²) < 4.78 is 0. The van der Waals surface area contributed by atoms with Gasteiger partial charge in [0.1, 0.15) is 0 Å². The molecule has 0 aliphatic carbocycles. The second-order valence-electron chi connectivity index (χ2n) is 3.32. The van der Waals surface area contributed by atoms with E-state index < -0.39 is 0 Å². The monoisotopic (exact) mass is 171 g/mol. The fourth-order valence-corrected chi connectivity index (χ4v) is 2.73. The van der Waals surface area contributed by atoms with Crippen molar-refractivity contribution in [2.24, 2.45) is 0 Å². The summed E-state index contributed by atoms with van der Waals surface area (Å²) in [7, 11) is 2.36. The molecule has 0 spiro atoms. The molecule has 0 aromatic heterocycles. The summed E-state index contributed by atoms with van der Waals surface area (Å²) in [6.45, 7) is 7.77. The molecule has 0 N–H and O–H groups in total. The van der Waals surface area contributed by atoms with E-state index in [0.29, 0.717) is 0 Å². The molecule has 0 saturated heterocycles. The maximum absolute atomic E-state index is 2.41. The highest BCUT2D eigenvalue weighted by Gasteiger charge is 1.92. The molecule has 0 unspecified atom stereocenters. The molecular formula is C9H21NSi. The van der Waals surface area contributed by atoms with Crippen LogP contribution in [0.5, 0.6) is 0 Å². The van der Waals surface area contributed by atoms with Crippen LogP contribution in [0, 0.1) is 0 Å².